The highest BCUT2D eigenvalue weighted by atomic mass is 19.1. The molecule has 1 aliphatic rings. The lowest BCUT2D eigenvalue weighted by Gasteiger charge is -2.38. The van der Waals surface area contributed by atoms with E-state index in [1.54, 1.807) is 7.11 Å². The van der Waals surface area contributed by atoms with Crippen LogP contribution >= 0.6 is 0 Å². The minimum absolute atomic E-state index is 0.0218. The SMILES string of the molecule is COc1ccc(CC(=O)NCC(c2ccc(F)cc2)N2CCN(C)CC2)cc1. The van der Waals surface area contributed by atoms with E-state index in [2.05, 4.69) is 22.2 Å². The number of hydrogen-bond donors (Lipinski definition) is 1. The Morgan fingerprint density at radius 2 is 1.71 bits per heavy atom. The van der Waals surface area contributed by atoms with Crippen LogP contribution in [0, 0.1) is 5.82 Å². The van der Waals surface area contributed by atoms with E-state index in [0.29, 0.717) is 13.0 Å². The molecule has 0 saturated carbocycles. The third kappa shape index (κ3) is 5.53. The first-order chi connectivity index (χ1) is 13.5. The molecule has 2 aromatic rings. The Balaban J connectivity index is 1.63. The molecule has 0 spiro atoms. The number of rotatable bonds is 7. The second kappa shape index (κ2) is 9.66. The molecule has 0 bridgehead atoms. The van der Waals surface area contributed by atoms with Crippen molar-refractivity contribution in [3.8, 4) is 5.75 Å². The van der Waals surface area contributed by atoms with Crippen molar-refractivity contribution in [3.63, 3.8) is 0 Å². The first-order valence-corrected chi connectivity index (χ1v) is 9.63. The predicted octanol–water partition coefficient (Wildman–Crippen LogP) is 2.48. The van der Waals surface area contributed by atoms with Gasteiger partial charge in [0, 0.05) is 32.7 Å². The first kappa shape index (κ1) is 20.3. The van der Waals surface area contributed by atoms with Crippen LogP contribution in [0.4, 0.5) is 4.39 Å². The van der Waals surface area contributed by atoms with Gasteiger partial charge in [0.1, 0.15) is 11.6 Å². The third-order valence-corrected chi connectivity index (χ3v) is 5.25. The molecule has 28 heavy (non-hydrogen) atoms. The molecule has 1 saturated heterocycles. The lowest BCUT2D eigenvalue weighted by Crippen LogP contribution is -2.48. The summed E-state index contributed by atoms with van der Waals surface area (Å²) >= 11 is 0. The van der Waals surface area contributed by atoms with Crippen molar-refractivity contribution in [2.45, 2.75) is 12.5 Å². The molecule has 150 valence electrons. The van der Waals surface area contributed by atoms with E-state index in [9.17, 15) is 9.18 Å². The molecule has 1 unspecified atom stereocenters. The molecular formula is C22H28FN3O2. The summed E-state index contributed by atoms with van der Waals surface area (Å²) in [5.74, 6) is 0.506. The summed E-state index contributed by atoms with van der Waals surface area (Å²) in [7, 11) is 3.73. The van der Waals surface area contributed by atoms with E-state index in [0.717, 1.165) is 43.1 Å². The topological polar surface area (TPSA) is 44.8 Å². The Bertz CT molecular complexity index is 756. The van der Waals surface area contributed by atoms with Gasteiger partial charge >= 0.3 is 0 Å². The Hall–Kier alpha value is -2.44. The smallest absolute Gasteiger partial charge is 0.224 e. The second-order valence-corrected chi connectivity index (χ2v) is 7.24. The van der Waals surface area contributed by atoms with Crippen molar-refractivity contribution >= 4 is 5.91 Å². The van der Waals surface area contributed by atoms with Crippen molar-refractivity contribution in [3.05, 3.63) is 65.5 Å². The van der Waals surface area contributed by atoms with E-state index in [-0.39, 0.29) is 17.8 Å². The normalized spacial score (nSPS) is 16.5. The molecule has 1 atom stereocenters. The molecular weight excluding hydrogens is 357 g/mol. The van der Waals surface area contributed by atoms with Gasteiger partial charge in [-0.3, -0.25) is 9.69 Å². The van der Waals surface area contributed by atoms with Gasteiger partial charge in [-0.1, -0.05) is 24.3 Å². The van der Waals surface area contributed by atoms with Gasteiger partial charge in [-0.25, -0.2) is 4.39 Å². The van der Waals surface area contributed by atoms with Crippen molar-refractivity contribution in [2.24, 2.45) is 0 Å². The zero-order valence-electron chi connectivity index (χ0n) is 16.5. The van der Waals surface area contributed by atoms with Crippen LogP contribution in [0.1, 0.15) is 17.2 Å². The Morgan fingerprint density at radius 3 is 2.32 bits per heavy atom. The number of ether oxygens (including phenoxy) is 1. The second-order valence-electron chi connectivity index (χ2n) is 7.24. The number of halogens is 1. The Labute approximate surface area is 166 Å². The van der Waals surface area contributed by atoms with Gasteiger partial charge in [-0.2, -0.15) is 0 Å². The van der Waals surface area contributed by atoms with Gasteiger partial charge in [0.05, 0.1) is 19.6 Å². The zero-order valence-corrected chi connectivity index (χ0v) is 16.5. The summed E-state index contributed by atoms with van der Waals surface area (Å²) in [6.45, 7) is 4.32. The first-order valence-electron chi connectivity index (χ1n) is 9.63. The highest BCUT2D eigenvalue weighted by molar-refractivity contribution is 5.78. The van der Waals surface area contributed by atoms with Gasteiger partial charge in [0.25, 0.3) is 0 Å². The molecule has 1 N–H and O–H groups in total. The summed E-state index contributed by atoms with van der Waals surface area (Å²) in [6, 6.07) is 14.1. The number of likely N-dealkylation sites (N-methyl/N-ethyl adjacent to an activating group) is 1. The zero-order chi connectivity index (χ0) is 19.9. The van der Waals surface area contributed by atoms with Gasteiger partial charge < -0.3 is 15.0 Å². The molecule has 1 fully saturated rings. The number of methoxy groups -OCH3 is 1. The molecule has 0 aromatic heterocycles. The molecule has 2 aromatic carbocycles. The van der Waals surface area contributed by atoms with Crippen molar-refractivity contribution < 1.29 is 13.9 Å². The van der Waals surface area contributed by atoms with Crippen LogP contribution < -0.4 is 10.1 Å². The number of carbonyl (C=O) groups is 1. The van der Waals surface area contributed by atoms with E-state index in [1.807, 2.05) is 36.4 Å². The minimum atomic E-state index is -0.246. The largest absolute Gasteiger partial charge is 0.497 e. The monoisotopic (exact) mass is 385 g/mol. The Kier molecular flexibility index (Phi) is 7.01. The van der Waals surface area contributed by atoms with Crippen molar-refractivity contribution in [1.29, 1.82) is 0 Å². The van der Waals surface area contributed by atoms with Gasteiger partial charge in [-0.05, 0) is 42.4 Å². The highest BCUT2D eigenvalue weighted by Gasteiger charge is 2.24. The van der Waals surface area contributed by atoms with E-state index in [1.165, 1.54) is 12.1 Å². The van der Waals surface area contributed by atoms with Crippen LogP contribution in [0.3, 0.4) is 0 Å². The average molecular weight is 385 g/mol. The molecule has 1 amide bonds. The molecule has 5 nitrogen and oxygen atoms in total. The van der Waals surface area contributed by atoms with Crippen LogP contribution in [-0.2, 0) is 11.2 Å². The van der Waals surface area contributed by atoms with Crippen LogP contribution in [0.2, 0.25) is 0 Å². The molecule has 3 rings (SSSR count). The van der Waals surface area contributed by atoms with Crippen LogP contribution in [0.25, 0.3) is 0 Å². The number of piperazine rings is 1. The van der Waals surface area contributed by atoms with Crippen LogP contribution in [-0.4, -0.2) is 62.6 Å². The maximum atomic E-state index is 13.4. The highest BCUT2D eigenvalue weighted by Crippen LogP contribution is 2.22. The maximum absolute atomic E-state index is 13.4. The average Bonchev–Trinajstić information content (AvgIpc) is 2.71. The third-order valence-electron chi connectivity index (χ3n) is 5.25. The standard InChI is InChI=1S/C22H28FN3O2/c1-25-11-13-26(14-12-25)21(18-5-7-19(23)8-6-18)16-24-22(27)15-17-3-9-20(28-2)10-4-17/h3-10,21H,11-16H2,1-2H3,(H,24,27). The summed E-state index contributed by atoms with van der Waals surface area (Å²) in [5.41, 5.74) is 1.96. The number of nitrogens with one attached hydrogen (secondary N) is 1. The fourth-order valence-electron chi connectivity index (χ4n) is 3.48. The quantitative estimate of drug-likeness (QED) is 0.795. The van der Waals surface area contributed by atoms with E-state index >= 15 is 0 Å². The Morgan fingerprint density at radius 1 is 1.07 bits per heavy atom. The lowest BCUT2D eigenvalue weighted by molar-refractivity contribution is -0.120. The van der Waals surface area contributed by atoms with Gasteiger partial charge in [0.15, 0.2) is 0 Å². The molecule has 0 radical (unpaired) electrons. The van der Waals surface area contributed by atoms with Gasteiger partial charge in [0.2, 0.25) is 5.91 Å². The fraction of sp³-hybridized carbons (Fsp3) is 0.409. The van der Waals surface area contributed by atoms with Crippen molar-refractivity contribution in [1.82, 2.24) is 15.1 Å². The number of hydrogen-bond acceptors (Lipinski definition) is 4. The molecule has 1 heterocycles. The minimum Gasteiger partial charge on any atom is -0.497 e. The lowest BCUT2D eigenvalue weighted by atomic mass is 10.0. The maximum Gasteiger partial charge on any atom is 0.224 e. The van der Waals surface area contributed by atoms with Crippen LogP contribution in [0.15, 0.2) is 48.5 Å². The fourth-order valence-corrected chi connectivity index (χ4v) is 3.48. The van der Waals surface area contributed by atoms with Crippen LogP contribution in [0.5, 0.6) is 5.75 Å². The van der Waals surface area contributed by atoms with E-state index in [4.69, 9.17) is 4.74 Å². The van der Waals surface area contributed by atoms with Gasteiger partial charge in [-0.15, -0.1) is 0 Å². The summed E-state index contributed by atoms with van der Waals surface area (Å²) in [6.07, 6.45) is 0.322. The van der Waals surface area contributed by atoms with E-state index < -0.39 is 0 Å². The number of carbonyl (C=O) groups excluding carboxylic acids is 1. The summed E-state index contributed by atoms with van der Waals surface area (Å²) in [5, 5.41) is 3.06. The molecule has 0 aliphatic carbocycles. The number of nitrogens with zero attached hydrogens (tertiary/aromatic N) is 2. The number of amides is 1. The number of benzene rings is 2. The summed E-state index contributed by atoms with van der Waals surface area (Å²) < 4.78 is 18.5. The van der Waals surface area contributed by atoms with Crippen molar-refractivity contribution in [2.75, 3.05) is 46.9 Å². The molecule has 1 aliphatic heterocycles. The summed E-state index contributed by atoms with van der Waals surface area (Å²) in [4.78, 5) is 17.1. The molecule has 6 heteroatoms. The predicted molar refractivity (Wildman–Crippen MR) is 108 cm³/mol.